The SMILES string of the molecule is CO[C@H]1/C=C\CCCS(=O)(NC(=O)CC(C)C)=NC(=O)c2ccc3c(c2)N(C[C@@H]2CC[C@H]21)C[C@@]1(CCCc2cc(Cl)ccc21)CO3. The maximum Gasteiger partial charge on any atom is 0.286 e. The zero-order valence-corrected chi connectivity index (χ0v) is 28.7. The van der Waals surface area contributed by atoms with Crippen LogP contribution in [-0.2, 0) is 31.3 Å². The fourth-order valence-corrected chi connectivity index (χ4v) is 9.51. The van der Waals surface area contributed by atoms with E-state index in [0.29, 0.717) is 36.8 Å². The van der Waals surface area contributed by atoms with Crippen molar-refractivity contribution in [1.82, 2.24) is 4.72 Å². The number of aryl methyl sites for hydroxylation is 1. The molecule has 1 N–H and O–H groups in total. The molecule has 1 spiro atoms. The van der Waals surface area contributed by atoms with Gasteiger partial charge in [0.1, 0.15) is 15.7 Å². The van der Waals surface area contributed by atoms with E-state index >= 15 is 0 Å². The second kappa shape index (κ2) is 13.7. The number of rotatable bonds is 4. The minimum Gasteiger partial charge on any atom is -0.490 e. The largest absolute Gasteiger partial charge is 0.490 e. The first-order chi connectivity index (χ1) is 22.1. The van der Waals surface area contributed by atoms with Crippen LogP contribution in [0.2, 0.25) is 5.02 Å². The third-order valence-corrected chi connectivity index (χ3v) is 12.2. The number of amides is 2. The molecule has 1 saturated carbocycles. The van der Waals surface area contributed by atoms with Gasteiger partial charge in [-0.1, -0.05) is 43.7 Å². The van der Waals surface area contributed by atoms with Crippen molar-refractivity contribution in [2.75, 3.05) is 37.5 Å². The maximum atomic E-state index is 14.0. The zero-order valence-electron chi connectivity index (χ0n) is 27.1. The average molecular weight is 668 g/mol. The van der Waals surface area contributed by atoms with Crippen molar-refractivity contribution in [2.45, 2.75) is 76.7 Å². The number of fused-ring (bicyclic) bond motifs is 4. The minimum absolute atomic E-state index is 0.0198. The Bertz CT molecular complexity index is 1630. The van der Waals surface area contributed by atoms with E-state index in [9.17, 15) is 13.8 Å². The summed E-state index contributed by atoms with van der Waals surface area (Å²) in [6, 6.07) is 11.6. The van der Waals surface area contributed by atoms with Crippen LogP contribution in [0.5, 0.6) is 5.75 Å². The fourth-order valence-electron chi connectivity index (χ4n) is 7.70. The van der Waals surface area contributed by atoms with Gasteiger partial charge in [0.15, 0.2) is 0 Å². The molecule has 0 saturated heterocycles. The zero-order chi connectivity index (χ0) is 32.5. The van der Waals surface area contributed by atoms with E-state index in [2.05, 4.69) is 38.3 Å². The van der Waals surface area contributed by atoms with Gasteiger partial charge < -0.3 is 14.4 Å². The van der Waals surface area contributed by atoms with E-state index in [0.717, 1.165) is 61.7 Å². The molecule has 10 heteroatoms. The van der Waals surface area contributed by atoms with Gasteiger partial charge in [-0.3, -0.25) is 14.3 Å². The predicted molar refractivity (Wildman–Crippen MR) is 183 cm³/mol. The molecular weight excluding hydrogens is 622 g/mol. The number of benzene rings is 2. The molecule has 5 atom stereocenters. The van der Waals surface area contributed by atoms with Crippen LogP contribution < -0.4 is 14.4 Å². The van der Waals surface area contributed by atoms with Crippen LogP contribution in [0, 0.1) is 17.8 Å². The summed E-state index contributed by atoms with van der Waals surface area (Å²) in [4.78, 5) is 28.8. The smallest absolute Gasteiger partial charge is 0.286 e. The number of nitrogens with zero attached hydrogens (tertiary/aromatic N) is 2. The van der Waals surface area contributed by atoms with Crippen LogP contribution in [-0.4, -0.2) is 54.7 Å². The van der Waals surface area contributed by atoms with E-state index in [1.54, 1.807) is 13.2 Å². The summed E-state index contributed by atoms with van der Waals surface area (Å²) in [5.41, 5.74) is 3.50. The molecule has 1 fully saturated rings. The van der Waals surface area contributed by atoms with Crippen LogP contribution in [0.3, 0.4) is 0 Å². The summed E-state index contributed by atoms with van der Waals surface area (Å²) in [5, 5.41) is 0.749. The maximum absolute atomic E-state index is 14.0. The quantitative estimate of drug-likeness (QED) is 0.357. The Balaban J connectivity index is 1.42. The standard InChI is InChI=1S/C36H46ClN3O5S/c1-24(2)18-34(41)38-46(43)17-6-4-5-9-32(44-3)29-13-10-27(29)21-40-22-36(16-7-8-25-19-28(37)12-14-30(25)36)23-45-33-15-11-26(20-31(33)40)35(42)39-46/h5,9,11-12,14-15,19-20,24,27,29,32H,4,6-8,10,13,16-18,21-23H2,1-3H3,(H,38,39,41,42,43)/b9-5-/t27-,29+,32-,36-,46?/m0/s1. The molecule has 2 aliphatic carbocycles. The first-order valence-electron chi connectivity index (χ1n) is 16.7. The Hall–Kier alpha value is -2.88. The number of nitrogens with one attached hydrogen (secondary N) is 1. The van der Waals surface area contributed by atoms with Crippen molar-refractivity contribution in [3.8, 4) is 5.75 Å². The molecule has 2 heterocycles. The highest BCUT2D eigenvalue weighted by Gasteiger charge is 2.44. The Morgan fingerprint density at radius 2 is 2.07 bits per heavy atom. The molecule has 2 aliphatic heterocycles. The molecule has 2 bridgehead atoms. The van der Waals surface area contributed by atoms with Crippen molar-refractivity contribution in [3.05, 3.63) is 70.3 Å². The lowest BCUT2D eigenvalue weighted by atomic mass is 9.68. The van der Waals surface area contributed by atoms with Crippen LogP contribution in [0.15, 0.2) is 52.9 Å². The fraction of sp³-hybridized carbons (Fsp3) is 0.556. The van der Waals surface area contributed by atoms with Crippen LogP contribution in [0.1, 0.15) is 80.3 Å². The first-order valence-corrected chi connectivity index (χ1v) is 18.7. The molecule has 8 nitrogen and oxygen atoms in total. The number of carbonyl (C=O) groups is 2. The van der Waals surface area contributed by atoms with Gasteiger partial charge in [-0.15, -0.1) is 4.36 Å². The molecule has 2 aromatic rings. The summed E-state index contributed by atoms with van der Waals surface area (Å²) in [6.45, 7) is 5.91. The van der Waals surface area contributed by atoms with E-state index in [1.165, 1.54) is 11.1 Å². The number of ether oxygens (including phenoxy) is 2. The Labute approximate surface area is 278 Å². The van der Waals surface area contributed by atoms with E-state index in [4.69, 9.17) is 21.1 Å². The van der Waals surface area contributed by atoms with Gasteiger partial charge >= 0.3 is 0 Å². The van der Waals surface area contributed by atoms with Gasteiger partial charge in [0.05, 0.1) is 24.2 Å². The van der Waals surface area contributed by atoms with Gasteiger partial charge in [0, 0.05) is 42.6 Å². The summed E-state index contributed by atoms with van der Waals surface area (Å²) >= 11 is 6.43. The van der Waals surface area contributed by atoms with E-state index in [-0.39, 0.29) is 35.5 Å². The summed E-state index contributed by atoms with van der Waals surface area (Å²) < 4.78 is 33.5. The van der Waals surface area contributed by atoms with Crippen LogP contribution in [0.25, 0.3) is 0 Å². The minimum atomic E-state index is -3.33. The monoisotopic (exact) mass is 667 g/mol. The third-order valence-electron chi connectivity index (χ3n) is 10.1. The van der Waals surface area contributed by atoms with Crippen molar-refractivity contribution in [3.63, 3.8) is 0 Å². The molecule has 1 unspecified atom stereocenters. The summed E-state index contributed by atoms with van der Waals surface area (Å²) in [5.74, 6) is 0.715. The number of anilines is 1. The molecule has 248 valence electrons. The average Bonchev–Trinajstić information content (AvgIpc) is 3.14. The normalized spacial score (nSPS) is 30.2. The lowest BCUT2D eigenvalue weighted by Gasteiger charge is -2.46. The second-order valence-corrected chi connectivity index (χ2v) is 16.4. The number of hydrogen-bond donors (Lipinski definition) is 1. The molecule has 2 aromatic carbocycles. The molecule has 2 amide bonds. The number of hydrogen-bond acceptors (Lipinski definition) is 6. The number of methoxy groups -OCH3 is 1. The van der Waals surface area contributed by atoms with Gasteiger partial charge in [-0.05, 0) is 104 Å². The molecule has 0 aromatic heterocycles. The highest BCUT2D eigenvalue weighted by molar-refractivity contribution is 7.92. The molecule has 46 heavy (non-hydrogen) atoms. The van der Waals surface area contributed by atoms with Crippen molar-refractivity contribution in [1.29, 1.82) is 0 Å². The Morgan fingerprint density at radius 1 is 1.22 bits per heavy atom. The second-order valence-electron chi connectivity index (χ2n) is 13.9. The molecule has 6 rings (SSSR count). The highest BCUT2D eigenvalue weighted by Crippen LogP contribution is 2.47. The van der Waals surface area contributed by atoms with E-state index in [1.807, 2.05) is 32.0 Å². The van der Waals surface area contributed by atoms with Crippen molar-refractivity contribution >= 4 is 39.0 Å². The van der Waals surface area contributed by atoms with Crippen molar-refractivity contribution < 1.29 is 23.3 Å². The van der Waals surface area contributed by atoms with Crippen molar-refractivity contribution in [2.24, 2.45) is 22.1 Å². The topological polar surface area (TPSA) is 97.3 Å². The lowest BCUT2D eigenvalue weighted by molar-refractivity contribution is -0.119. The third kappa shape index (κ3) is 7.02. The Kier molecular flexibility index (Phi) is 9.83. The number of carbonyl (C=O) groups excluding carboxylic acids is 2. The van der Waals surface area contributed by atoms with Gasteiger partial charge in [-0.25, -0.2) is 4.21 Å². The molecule has 0 radical (unpaired) electrons. The Morgan fingerprint density at radius 3 is 2.83 bits per heavy atom. The number of halogens is 1. The lowest BCUT2D eigenvalue weighted by Crippen LogP contribution is -2.49. The highest BCUT2D eigenvalue weighted by atomic mass is 35.5. The van der Waals surface area contributed by atoms with Crippen LogP contribution >= 0.6 is 11.6 Å². The van der Waals surface area contributed by atoms with Gasteiger partial charge in [0.25, 0.3) is 5.91 Å². The van der Waals surface area contributed by atoms with Gasteiger partial charge in [0.2, 0.25) is 5.91 Å². The molecular formula is C36H46ClN3O5S. The predicted octanol–water partition coefficient (Wildman–Crippen LogP) is 6.89. The summed E-state index contributed by atoms with van der Waals surface area (Å²) in [6.07, 6.45) is 10.8. The van der Waals surface area contributed by atoms with Gasteiger partial charge in [-0.2, -0.15) is 0 Å². The first kappa shape index (κ1) is 33.0. The van der Waals surface area contributed by atoms with Crippen LogP contribution in [0.4, 0.5) is 5.69 Å². The number of allylic oxidation sites excluding steroid dienone is 1. The molecule has 4 aliphatic rings. The summed E-state index contributed by atoms with van der Waals surface area (Å²) in [7, 11) is -1.57. The van der Waals surface area contributed by atoms with E-state index < -0.39 is 15.8 Å².